The molecule has 0 unspecified atom stereocenters. The van der Waals surface area contributed by atoms with Gasteiger partial charge in [0, 0.05) is 6.54 Å². The van der Waals surface area contributed by atoms with E-state index in [9.17, 15) is 14.4 Å². The molecule has 0 heterocycles. The van der Waals surface area contributed by atoms with Crippen molar-refractivity contribution in [2.45, 2.75) is 40.0 Å². The van der Waals surface area contributed by atoms with Crippen LogP contribution in [0.4, 0.5) is 4.79 Å². The Labute approximate surface area is 159 Å². The minimum atomic E-state index is -0.707. The monoisotopic (exact) mass is 380 g/mol. The average molecular weight is 380 g/mol. The Morgan fingerprint density at radius 2 is 1.78 bits per heavy atom. The summed E-state index contributed by atoms with van der Waals surface area (Å²) in [6.07, 6.45) is 2.67. The third kappa shape index (κ3) is 8.44. The molecular formula is C19H28N2O6. The average Bonchev–Trinajstić information content (AvgIpc) is 2.66. The van der Waals surface area contributed by atoms with Crippen LogP contribution in [0.25, 0.3) is 0 Å². The van der Waals surface area contributed by atoms with E-state index in [1.54, 1.807) is 6.07 Å². The molecule has 1 aromatic rings. The first-order chi connectivity index (χ1) is 13.0. The van der Waals surface area contributed by atoms with Crippen molar-refractivity contribution in [3.63, 3.8) is 0 Å². The van der Waals surface area contributed by atoms with E-state index in [1.807, 2.05) is 13.8 Å². The lowest BCUT2D eigenvalue weighted by Crippen LogP contribution is -2.41. The first kappa shape index (κ1) is 22.3. The van der Waals surface area contributed by atoms with Gasteiger partial charge in [0.1, 0.15) is 0 Å². The molecule has 8 heteroatoms. The maximum atomic E-state index is 12.1. The second-order valence-corrected chi connectivity index (χ2v) is 5.68. The Morgan fingerprint density at radius 1 is 1.00 bits per heavy atom. The smallest absolute Gasteiger partial charge is 0.338 e. The zero-order valence-electron chi connectivity index (χ0n) is 16.1. The summed E-state index contributed by atoms with van der Waals surface area (Å²) in [7, 11) is 0. The molecule has 0 atom stereocenters. The lowest BCUT2D eigenvalue weighted by Gasteiger charge is -2.13. The van der Waals surface area contributed by atoms with E-state index < -0.39 is 24.5 Å². The predicted octanol–water partition coefficient (Wildman–Crippen LogP) is 2.66. The van der Waals surface area contributed by atoms with Gasteiger partial charge >= 0.3 is 12.0 Å². The lowest BCUT2D eigenvalue weighted by atomic mass is 10.2. The van der Waals surface area contributed by atoms with Crippen molar-refractivity contribution < 1.29 is 28.6 Å². The molecular weight excluding hydrogens is 352 g/mol. The number of esters is 1. The minimum absolute atomic E-state index is 0.226. The maximum Gasteiger partial charge on any atom is 0.338 e. The standard InChI is InChI=1S/C19H28N2O6/c1-4-7-11-26-15-9-8-14(12-16(15)25-6-3)18(23)27-13-17(22)21-19(24)20-10-5-2/h8-9,12H,4-7,10-11,13H2,1-3H3,(H2,20,21,22,24). The maximum absolute atomic E-state index is 12.1. The molecule has 2 N–H and O–H groups in total. The summed E-state index contributed by atoms with van der Waals surface area (Å²) < 4.78 is 16.1. The van der Waals surface area contributed by atoms with Crippen molar-refractivity contribution in [1.82, 2.24) is 10.6 Å². The fourth-order valence-electron chi connectivity index (χ4n) is 2.01. The van der Waals surface area contributed by atoms with Gasteiger partial charge < -0.3 is 19.5 Å². The van der Waals surface area contributed by atoms with Gasteiger partial charge in [-0.3, -0.25) is 10.1 Å². The lowest BCUT2D eigenvalue weighted by molar-refractivity contribution is -0.123. The molecule has 0 aliphatic heterocycles. The number of benzene rings is 1. The number of ether oxygens (including phenoxy) is 3. The van der Waals surface area contributed by atoms with Gasteiger partial charge in [-0.05, 0) is 38.0 Å². The number of rotatable bonds is 11. The molecule has 0 radical (unpaired) electrons. The van der Waals surface area contributed by atoms with Crippen LogP contribution in [0.3, 0.4) is 0 Å². The van der Waals surface area contributed by atoms with Gasteiger partial charge in [0.05, 0.1) is 18.8 Å². The van der Waals surface area contributed by atoms with E-state index in [1.165, 1.54) is 12.1 Å². The van der Waals surface area contributed by atoms with E-state index in [4.69, 9.17) is 14.2 Å². The van der Waals surface area contributed by atoms with Crippen LogP contribution in [0.2, 0.25) is 0 Å². The summed E-state index contributed by atoms with van der Waals surface area (Å²) in [6.45, 7) is 6.65. The highest BCUT2D eigenvalue weighted by Crippen LogP contribution is 2.29. The number of carbonyl (C=O) groups is 3. The van der Waals surface area contributed by atoms with Crippen LogP contribution in [0.1, 0.15) is 50.4 Å². The van der Waals surface area contributed by atoms with Crippen LogP contribution in [0.15, 0.2) is 18.2 Å². The summed E-state index contributed by atoms with van der Waals surface area (Å²) in [5.74, 6) is -0.416. The number of carbonyl (C=O) groups excluding carboxylic acids is 3. The van der Waals surface area contributed by atoms with Gasteiger partial charge in [-0.15, -0.1) is 0 Å². The molecule has 0 aliphatic rings. The van der Waals surface area contributed by atoms with Crippen molar-refractivity contribution in [3.8, 4) is 11.5 Å². The Bertz CT molecular complexity index is 633. The first-order valence-corrected chi connectivity index (χ1v) is 9.16. The Kier molecular flexibility index (Phi) is 10.4. The summed E-state index contributed by atoms with van der Waals surface area (Å²) >= 11 is 0. The molecule has 0 spiro atoms. The number of nitrogens with one attached hydrogen (secondary N) is 2. The number of imide groups is 1. The van der Waals surface area contributed by atoms with Crippen molar-refractivity contribution in [2.24, 2.45) is 0 Å². The Morgan fingerprint density at radius 3 is 2.44 bits per heavy atom. The van der Waals surface area contributed by atoms with E-state index in [0.717, 1.165) is 19.3 Å². The summed E-state index contributed by atoms with van der Waals surface area (Å²) in [5.41, 5.74) is 0.226. The van der Waals surface area contributed by atoms with Crippen LogP contribution < -0.4 is 20.1 Å². The molecule has 1 rings (SSSR count). The minimum Gasteiger partial charge on any atom is -0.490 e. The molecule has 27 heavy (non-hydrogen) atoms. The van der Waals surface area contributed by atoms with Crippen LogP contribution >= 0.6 is 0 Å². The van der Waals surface area contributed by atoms with Gasteiger partial charge in [0.15, 0.2) is 18.1 Å². The normalized spacial score (nSPS) is 10.0. The van der Waals surface area contributed by atoms with E-state index in [2.05, 4.69) is 17.6 Å². The van der Waals surface area contributed by atoms with Gasteiger partial charge in [0.25, 0.3) is 5.91 Å². The third-order valence-electron chi connectivity index (χ3n) is 3.36. The number of urea groups is 1. The molecule has 1 aromatic carbocycles. The van der Waals surface area contributed by atoms with E-state index >= 15 is 0 Å². The summed E-state index contributed by atoms with van der Waals surface area (Å²) in [5, 5.41) is 4.57. The second kappa shape index (κ2) is 12.6. The largest absolute Gasteiger partial charge is 0.490 e. The zero-order valence-corrected chi connectivity index (χ0v) is 16.1. The van der Waals surface area contributed by atoms with Crippen LogP contribution in [-0.2, 0) is 9.53 Å². The number of unbranched alkanes of at least 4 members (excludes halogenated alkanes) is 1. The van der Waals surface area contributed by atoms with Crippen molar-refractivity contribution in [1.29, 1.82) is 0 Å². The highest BCUT2D eigenvalue weighted by molar-refractivity contribution is 5.97. The van der Waals surface area contributed by atoms with Crippen LogP contribution in [-0.4, -0.2) is 44.3 Å². The number of hydrogen-bond acceptors (Lipinski definition) is 6. The van der Waals surface area contributed by atoms with Crippen LogP contribution in [0.5, 0.6) is 11.5 Å². The van der Waals surface area contributed by atoms with E-state index in [-0.39, 0.29) is 5.56 Å². The number of hydrogen-bond donors (Lipinski definition) is 2. The molecule has 0 aliphatic carbocycles. The number of amides is 3. The molecule has 8 nitrogen and oxygen atoms in total. The quantitative estimate of drug-likeness (QED) is 0.452. The zero-order chi connectivity index (χ0) is 20.1. The highest BCUT2D eigenvalue weighted by Gasteiger charge is 2.15. The molecule has 0 saturated heterocycles. The van der Waals surface area contributed by atoms with Crippen LogP contribution in [0, 0.1) is 0 Å². The predicted molar refractivity (Wildman–Crippen MR) is 100 cm³/mol. The first-order valence-electron chi connectivity index (χ1n) is 9.16. The second-order valence-electron chi connectivity index (χ2n) is 5.68. The van der Waals surface area contributed by atoms with Gasteiger partial charge in [0.2, 0.25) is 0 Å². The fraction of sp³-hybridized carbons (Fsp3) is 0.526. The summed E-state index contributed by atoms with van der Waals surface area (Å²) in [4.78, 5) is 35.1. The third-order valence-corrected chi connectivity index (χ3v) is 3.36. The summed E-state index contributed by atoms with van der Waals surface area (Å²) in [6, 6.07) is 4.07. The topological polar surface area (TPSA) is 103 Å². The van der Waals surface area contributed by atoms with E-state index in [0.29, 0.717) is 31.3 Å². The van der Waals surface area contributed by atoms with Gasteiger partial charge in [-0.2, -0.15) is 0 Å². The molecule has 3 amide bonds. The SMILES string of the molecule is CCCCOc1ccc(C(=O)OCC(=O)NC(=O)NCCC)cc1OCC. The molecule has 0 saturated carbocycles. The highest BCUT2D eigenvalue weighted by atomic mass is 16.5. The Balaban J connectivity index is 2.61. The van der Waals surface area contributed by atoms with Gasteiger partial charge in [-0.1, -0.05) is 20.3 Å². The van der Waals surface area contributed by atoms with Crippen molar-refractivity contribution in [3.05, 3.63) is 23.8 Å². The van der Waals surface area contributed by atoms with Crippen molar-refractivity contribution >= 4 is 17.9 Å². The fourth-order valence-corrected chi connectivity index (χ4v) is 2.01. The Hall–Kier alpha value is -2.77. The molecule has 150 valence electrons. The molecule has 0 fully saturated rings. The van der Waals surface area contributed by atoms with Gasteiger partial charge in [-0.25, -0.2) is 9.59 Å². The van der Waals surface area contributed by atoms with Crippen molar-refractivity contribution in [2.75, 3.05) is 26.4 Å². The molecule has 0 aromatic heterocycles. The molecule has 0 bridgehead atoms.